The summed E-state index contributed by atoms with van der Waals surface area (Å²) in [6, 6.07) is 4.54. The second-order valence-corrected chi connectivity index (χ2v) is 4.81. The first-order valence-corrected chi connectivity index (χ1v) is 5.99. The van der Waals surface area contributed by atoms with E-state index in [4.69, 9.17) is 9.47 Å². The third kappa shape index (κ3) is 2.79. The first-order valence-electron chi connectivity index (χ1n) is 5.99. The van der Waals surface area contributed by atoms with Gasteiger partial charge in [-0.3, -0.25) is 0 Å². The molecule has 1 aliphatic heterocycles. The SMILES string of the molecule is Cc1cccc(F)c1NC=C1C(=O)OC(C)(C)OC1=O. The Hall–Kier alpha value is -2.37. The van der Waals surface area contributed by atoms with Crippen LogP contribution in [0.1, 0.15) is 19.4 Å². The zero-order chi connectivity index (χ0) is 14.9. The van der Waals surface area contributed by atoms with Gasteiger partial charge in [-0.2, -0.15) is 0 Å². The van der Waals surface area contributed by atoms with Gasteiger partial charge in [0.1, 0.15) is 5.82 Å². The minimum atomic E-state index is -1.29. The molecule has 20 heavy (non-hydrogen) atoms. The van der Waals surface area contributed by atoms with Crippen LogP contribution in [0.3, 0.4) is 0 Å². The maximum absolute atomic E-state index is 13.6. The van der Waals surface area contributed by atoms with Crippen molar-refractivity contribution in [1.82, 2.24) is 0 Å². The van der Waals surface area contributed by atoms with Gasteiger partial charge in [-0.1, -0.05) is 12.1 Å². The molecule has 0 aromatic heterocycles. The quantitative estimate of drug-likeness (QED) is 0.511. The molecule has 1 N–H and O–H groups in total. The summed E-state index contributed by atoms with van der Waals surface area (Å²) in [5.41, 5.74) is 0.511. The van der Waals surface area contributed by atoms with Crippen molar-refractivity contribution in [2.24, 2.45) is 0 Å². The van der Waals surface area contributed by atoms with Crippen molar-refractivity contribution in [2.75, 3.05) is 5.32 Å². The minimum Gasteiger partial charge on any atom is -0.419 e. The predicted octanol–water partition coefficient (Wildman–Crippen LogP) is 2.27. The highest BCUT2D eigenvalue weighted by Gasteiger charge is 2.38. The number of nitrogens with one attached hydrogen (secondary N) is 1. The molecule has 0 aliphatic carbocycles. The van der Waals surface area contributed by atoms with Crippen molar-refractivity contribution < 1.29 is 23.5 Å². The zero-order valence-corrected chi connectivity index (χ0v) is 11.3. The smallest absolute Gasteiger partial charge is 0.350 e. The van der Waals surface area contributed by atoms with E-state index in [0.717, 1.165) is 6.20 Å². The van der Waals surface area contributed by atoms with Gasteiger partial charge in [0.2, 0.25) is 0 Å². The maximum atomic E-state index is 13.6. The van der Waals surface area contributed by atoms with Crippen molar-refractivity contribution >= 4 is 17.6 Å². The third-order valence-electron chi connectivity index (χ3n) is 2.70. The second kappa shape index (κ2) is 4.96. The van der Waals surface area contributed by atoms with Crippen LogP contribution in [-0.2, 0) is 19.1 Å². The highest BCUT2D eigenvalue weighted by Crippen LogP contribution is 2.24. The van der Waals surface area contributed by atoms with Crippen LogP contribution in [0, 0.1) is 12.7 Å². The van der Waals surface area contributed by atoms with Crippen molar-refractivity contribution in [3.8, 4) is 0 Å². The van der Waals surface area contributed by atoms with Gasteiger partial charge in [-0.25, -0.2) is 14.0 Å². The van der Waals surface area contributed by atoms with Crippen LogP contribution >= 0.6 is 0 Å². The highest BCUT2D eigenvalue weighted by atomic mass is 19.1. The fraction of sp³-hybridized carbons (Fsp3) is 0.286. The molecule has 0 unspecified atom stereocenters. The van der Waals surface area contributed by atoms with Gasteiger partial charge in [0.05, 0.1) is 5.69 Å². The maximum Gasteiger partial charge on any atom is 0.350 e. The standard InChI is InChI=1S/C14H14FNO4/c1-8-5-4-6-10(15)11(8)16-7-9-12(17)19-14(2,3)20-13(9)18/h4-7,16H,1-3H3. The average molecular weight is 279 g/mol. The molecule has 1 aromatic carbocycles. The Labute approximate surface area is 115 Å². The Balaban J connectivity index is 2.24. The number of hydrogen-bond donors (Lipinski definition) is 1. The average Bonchev–Trinajstić information content (AvgIpc) is 2.29. The molecule has 0 bridgehead atoms. The van der Waals surface area contributed by atoms with Crippen molar-refractivity contribution in [2.45, 2.75) is 26.6 Å². The molecule has 0 amide bonds. The Bertz CT molecular complexity index is 565. The molecular formula is C14H14FNO4. The van der Waals surface area contributed by atoms with E-state index in [2.05, 4.69) is 5.32 Å². The van der Waals surface area contributed by atoms with E-state index in [1.165, 1.54) is 19.9 Å². The molecule has 6 heteroatoms. The van der Waals surface area contributed by atoms with Crippen LogP contribution in [0.25, 0.3) is 0 Å². The van der Waals surface area contributed by atoms with Crippen LogP contribution in [0.2, 0.25) is 0 Å². The summed E-state index contributed by atoms with van der Waals surface area (Å²) in [6.07, 6.45) is 1.09. The molecule has 106 valence electrons. The van der Waals surface area contributed by atoms with E-state index >= 15 is 0 Å². The van der Waals surface area contributed by atoms with Crippen LogP contribution < -0.4 is 5.32 Å². The van der Waals surface area contributed by atoms with E-state index in [1.807, 2.05) is 0 Å². The van der Waals surface area contributed by atoms with Crippen LogP contribution in [0.15, 0.2) is 30.0 Å². The summed E-state index contributed by atoms with van der Waals surface area (Å²) in [7, 11) is 0. The first-order chi connectivity index (χ1) is 9.30. The molecule has 5 nitrogen and oxygen atoms in total. The lowest BCUT2D eigenvalue weighted by Gasteiger charge is -2.29. The molecule has 1 aliphatic rings. The first kappa shape index (κ1) is 14.0. The number of anilines is 1. The molecule has 0 radical (unpaired) electrons. The van der Waals surface area contributed by atoms with Crippen LogP contribution in [-0.4, -0.2) is 17.7 Å². The van der Waals surface area contributed by atoms with E-state index in [9.17, 15) is 14.0 Å². The topological polar surface area (TPSA) is 64.6 Å². The Morgan fingerprint density at radius 1 is 1.20 bits per heavy atom. The lowest BCUT2D eigenvalue weighted by atomic mass is 10.2. The molecule has 1 saturated heterocycles. The van der Waals surface area contributed by atoms with Gasteiger partial charge in [0.25, 0.3) is 5.79 Å². The Kier molecular flexibility index (Phi) is 3.48. The van der Waals surface area contributed by atoms with E-state index in [1.54, 1.807) is 19.1 Å². The molecular weight excluding hydrogens is 265 g/mol. The fourth-order valence-corrected chi connectivity index (χ4v) is 1.74. The fourth-order valence-electron chi connectivity index (χ4n) is 1.74. The van der Waals surface area contributed by atoms with Crippen molar-refractivity contribution in [3.05, 3.63) is 41.4 Å². The minimum absolute atomic E-state index is 0.186. The van der Waals surface area contributed by atoms with Crippen molar-refractivity contribution in [1.29, 1.82) is 0 Å². The van der Waals surface area contributed by atoms with Crippen LogP contribution in [0.5, 0.6) is 0 Å². The Morgan fingerprint density at radius 3 is 2.35 bits per heavy atom. The second-order valence-electron chi connectivity index (χ2n) is 4.81. The largest absolute Gasteiger partial charge is 0.419 e. The number of ether oxygens (including phenoxy) is 2. The summed E-state index contributed by atoms with van der Waals surface area (Å²) in [4.78, 5) is 23.4. The number of aryl methyl sites for hydroxylation is 1. The lowest BCUT2D eigenvalue weighted by Crippen LogP contribution is -2.42. The van der Waals surface area contributed by atoms with Gasteiger partial charge in [0.15, 0.2) is 5.57 Å². The number of benzene rings is 1. The number of carbonyl (C=O) groups excluding carboxylic acids is 2. The normalized spacial score (nSPS) is 17.3. The molecule has 0 spiro atoms. The number of para-hydroxylation sites is 1. The number of carbonyl (C=O) groups is 2. The number of rotatable bonds is 2. The molecule has 0 atom stereocenters. The van der Waals surface area contributed by atoms with E-state index in [-0.39, 0.29) is 11.3 Å². The number of esters is 2. The highest BCUT2D eigenvalue weighted by molar-refractivity contribution is 6.15. The van der Waals surface area contributed by atoms with Gasteiger partial charge < -0.3 is 14.8 Å². The van der Waals surface area contributed by atoms with Gasteiger partial charge in [0, 0.05) is 20.0 Å². The van der Waals surface area contributed by atoms with E-state index in [0.29, 0.717) is 5.56 Å². The lowest BCUT2D eigenvalue weighted by molar-refractivity contribution is -0.222. The third-order valence-corrected chi connectivity index (χ3v) is 2.70. The summed E-state index contributed by atoms with van der Waals surface area (Å²) >= 11 is 0. The zero-order valence-electron chi connectivity index (χ0n) is 11.3. The summed E-state index contributed by atoms with van der Waals surface area (Å²) in [5.74, 6) is -3.40. The number of halogens is 1. The number of hydrogen-bond acceptors (Lipinski definition) is 5. The molecule has 2 rings (SSSR count). The summed E-state index contributed by atoms with van der Waals surface area (Å²) in [6.45, 7) is 4.60. The summed E-state index contributed by atoms with van der Waals surface area (Å²) in [5, 5.41) is 2.60. The van der Waals surface area contributed by atoms with Gasteiger partial charge in [-0.15, -0.1) is 0 Å². The molecule has 0 saturated carbocycles. The Morgan fingerprint density at radius 2 is 1.80 bits per heavy atom. The molecule has 1 aromatic rings. The van der Waals surface area contributed by atoms with E-state index < -0.39 is 23.5 Å². The van der Waals surface area contributed by atoms with Gasteiger partial charge in [-0.05, 0) is 18.6 Å². The van der Waals surface area contributed by atoms with Gasteiger partial charge >= 0.3 is 11.9 Å². The van der Waals surface area contributed by atoms with Crippen molar-refractivity contribution in [3.63, 3.8) is 0 Å². The molecule has 1 heterocycles. The van der Waals surface area contributed by atoms with Crippen LogP contribution in [0.4, 0.5) is 10.1 Å². The number of cyclic esters (lactones) is 2. The molecule has 1 fully saturated rings. The predicted molar refractivity (Wildman–Crippen MR) is 69.1 cm³/mol. The monoisotopic (exact) mass is 279 g/mol. The summed E-state index contributed by atoms with van der Waals surface area (Å²) < 4.78 is 23.4.